The molecule has 2 N–H and O–H groups in total. The van der Waals surface area contributed by atoms with Gasteiger partial charge >= 0.3 is 0 Å². The molecule has 0 unspecified atom stereocenters. The Balaban J connectivity index is 2.49. The quantitative estimate of drug-likeness (QED) is 0.437. The van der Waals surface area contributed by atoms with Crippen molar-refractivity contribution < 1.29 is 9.94 Å². The molecule has 5 heteroatoms. The molecule has 0 fully saturated rings. The Morgan fingerprint density at radius 3 is 3.00 bits per heavy atom. The summed E-state index contributed by atoms with van der Waals surface area (Å²) in [6.45, 7) is 5.89. The highest BCUT2D eigenvalue weighted by atomic mass is 16.5. The van der Waals surface area contributed by atoms with Crippen LogP contribution in [-0.2, 0) is 0 Å². The lowest BCUT2D eigenvalue weighted by Gasteiger charge is -2.07. The summed E-state index contributed by atoms with van der Waals surface area (Å²) in [4.78, 5) is 3.79. The van der Waals surface area contributed by atoms with Crippen LogP contribution in [0.15, 0.2) is 18.7 Å². The van der Waals surface area contributed by atoms with Crippen molar-refractivity contribution in [1.82, 2.24) is 9.71 Å². The fourth-order valence-corrected chi connectivity index (χ4v) is 1.23. The van der Waals surface area contributed by atoms with Gasteiger partial charge in [-0.05, 0) is 26.2 Å². The van der Waals surface area contributed by atoms with Crippen molar-refractivity contribution in [2.24, 2.45) is 0 Å². The van der Waals surface area contributed by atoms with Crippen LogP contribution in [0, 0.1) is 12.3 Å². The van der Waals surface area contributed by atoms with Crippen molar-refractivity contribution in [3.05, 3.63) is 30.0 Å². The highest BCUT2D eigenvalue weighted by molar-refractivity contribution is 5.12. The van der Waals surface area contributed by atoms with Crippen LogP contribution < -0.4 is 10.4 Å². The predicted octanol–water partition coefficient (Wildman–Crippen LogP) is 1.64. The zero-order valence-corrected chi connectivity index (χ0v) is 9.44. The van der Waals surface area contributed by atoms with E-state index in [1.54, 1.807) is 13.0 Å². The van der Waals surface area contributed by atoms with Gasteiger partial charge in [-0.25, -0.2) is 0 Å². The zero-order valence-electron chi connectivity index (χ0n) is 9.44. The number of unbranched alkanes of at least 4 members (excludes halogenated alkanes) is 2. The monoisotopic (exact) mass is 223 g/mol. The molecule has 1 rings (SSSR count). The molecule has 0 aromatic carbocycles. The summed E-state index contributed by atoms with van der Waals surface area (Å²) >= 11 is 0. The van der Waals surface area contributed by atoms with Crippen LogP contribution >= 0.6 is 0 Å². The maximum atomic E-state index is 9.27. The minimum absolute atomic E-state index is 0.221. The number of nitrogens with one attached hydrogen (secondary N) is 1. The van der Waals surface area contributed by atoms with Gasteiger partial charge in [0.25, 0.3) is 5.62 Å². The van der Waals surface area contributed by atoms with Gasteiger partial charge in [0.1, 0.15) is 0 Å². The molecule has 88 valence electrons. The van der Waals surface area contributed by atoms with E-state index in [9.17, 15) is 5.21 Å². The van der Waals surface area contributed by atoms with Gasteiger partial charge in [-0.1, -0.05) is 6.08 Å². The average molecular weight is 223 g/mol. The van der Waals surface area contributed by atoms with Gasteiger partial charge in [-0.15, -0.1) is 6.58 Å². The average Bonchev–Trinajstić information content (AvgIpc) is 2.25. The number of hydrogen-bond acceptors (Lipinski definition) is 4. The highest BCUT2D eigenvalue weighted by Gasteiger charge is 2.01. The largest absolute Gasteiger partial charge is 0.478 e. The van der Waals surface area contributed by atoms with Gasteiger partial charge in [-0.3, -0.25) is 5.41 Å². The standard InChI is InChI=1S/C11H17N3O2/c1-3-4-5-6-7-16-10-8-9(2)14(15)11(12)13-10/h3,8,12,15H,1,4-7H2,2H3. The van der Waals surface area contributed by atoms with Crippen LogP contribution in [0.2, 0.25) is 0 Å². The minimum Gasteiger partial charge on any atom is -0.478 e. The SMILES string of the molecule is C=CCCCCOc1cc(C)n(O)c(=N)n1. The molecule has 0 atom stereocenters. The van der Waals surface area contributed by atoms with Crippen LogP contribution in [0.5, 0.6) is 5.88 Å². The van der Waals surface area contributed by atoms with Crippen LogP contribution in [0.4, 0.5) is 0 Å². The zero-order chi connectivity index (χ0) is 12.0. The molecular formula is C11H17N3O2. The molecule has 1 aromatic heterocycles. The predicted molar refractivity (Wildman–Crippen MR) is 59.5 cm³/mol. The smallest absolute Gasteiger partial charge is 0.258 e. The van der Waals surface area contributed by atoms with E-state index in [2.05, 4.69) is 11.6 Å². The number of aryl methyl sites for hydroxylation is 1. The Labute approximate surface area is 94.5 Å². The summed E-state index contributed by atoms with van der Waals surface area (Å²) in [5.74, 6) is 0.381. The Bertz CT molecular complexity index is 412. The number of ether oxygens (including phenoxy) is 1. The van der Waals surface area contributed by atoms with Gasteiger partial charge in [-0.2, -0.15) is 9.71 Å². The Morgan fingerprint density at radius 2 is 2.38 bits per heavy atom. The van der Waals surface area contributed by atoms with Crippen molar-refractivity contribution in [2.45, 2.75) is 26.2 Å². The third kappa shape index (κ3) is 3.42. The molecular weight excluding hydrogens is 206 g/mol. The Morgan fingerprint density at radius 1 is 1.62 bits per heavy atom. The normalized spacial score (nSPS) is 10.1. The fraction of sp³-hybridized carbons (Fsp3) is 0.455. The number of allylic oxidation sites excluding steroid dienone is 1. The first-order chi connectivity index (χ1) is 7.65. The minimum atomic E-state index is -0.221. The van der Waals surface area contributed by atoms with E-state index in [4.69, 9.17) is 10.1 Å². The second-order valence-electron chi connectivity index (χ2n) is 3.50. The van der Waals surface area contributed by atoms with Gasteiger partial charge in [0.2, 0.25) is 5.88 Å². The molecule has 0 aliphatic rings. The topological polar surface area (TPSA) is 71.1 Å². The molecule has 0 aliphatic carbocycles. The van der Waals surface area contributed by atoms with Crippen molar-refractivity contribution >= 4 is 0 Å². The summed E-state index contributed by atoms with van der Waals surface area (Å²) in [6.07, 6.45) is 4.81. The van der Waals surface area contributed by atoms with E-state index in [0.29, 0.717) is 22.9 Å². The molecule has 0 spiro atoms. The van der Waals surface area contributed by atoms with Crippen molar-refractivity contribution in [2.75, 3.05) is 6.61 Å². The summed E-state index contributed by atoms with van der Waals surface area (Å²) in [5, 5.41) is 16.6. The third-order valence-electron chi connectivity index (χ3n) is 2.14. The summed E-state index contributed by atoms with van der Waals surface area (Å²) in [5.41, 5.74) is 0.308. The lowest BCUT2D eigenvalue weighted by molar-refractivity contribution is 0.154. The fourth-order valence-electron chi connectivity index (χ4n) is 1.23. The van der Waals surface area contributed by atoms with Crippen molar-refractivity contribution in [3.63, 3.8) is 0 Å². The molecule has 0 saturated carbocycles. The van der Waals surface area contributed by atoms with Crippen molar-refractivity contribution in [3.8, 4) is 5.88 Å². The first-order valence-electron chi connectivity index (χ1n) is 5.23. The van der Waals surface area contributed by atoms with Gasteiger partial charge < -0.3 is 9.94 Å². The lowest BCUT2D eigenvalue weighted by Crippen LogP contribution is -2.23. The van der Waals surface area contributed by atoms with Crippen LogP contribution in [0.25, 0.3) is 0 Å². The molecule has 0 aliphatic heterocycles. The maximum Gasteiger partial charge on any atom is 0.258 e. The number of hydrogen-bond donors (Lipinski definition) is 2. The van der Waals surface area contributed by atoms with Gasteiger partial charge in [0.15, 0.2) is 0 Å². The molecule has 0 amide bonds. The second-order valence-corrected chi connectivity index (χ2v) is 3.50. The van der Waals surface area contributed by atoms with Gasteiger partial charge in [0.05, 0.1) is 12.3 Å². The number of nitrogens with zero attached hydrogens (tertiary/aromatic N) is 2. The van der Waals surface area contributed by atoms with E-state index in [0.717, 1.165) is 19.3 Å². The van der Waals surface area contributed by atoms with Crippen LogP contribution in [-0.4, -0.2) is 21.5 Å². The highest BCUT2D eigenvalue weighted by Crippen LogP contribution is 2.06. The van der Waals surface area contributed by atoms with E-state index in [1.165, 1.54) is 0 Å². The lowest BCUT2D eigenvalue weighted by atomic mass is 10.2. The van der Waals surface area contributed by atoms with Crippen LogP contribution in [0.1, 0.15) is 25.0 Å². The third-order valence-corrected chi connectivity index (χ3v) is 2.14. The number of aromatic nitrogens is 2. The molecule has 0 radical (unpaired) electrons. The summed E-state index contributed by atoms with van der Waals surface area (Å²) < 4.78 is 6.09. The molecule has 0 saturated heterocycles. The Kier molecular flexibility index (Phi) is 4.57. The van der Waals surface area contributed by atoms with E-state index < -0.39 is 0 Å². The van der Waals surface area contributed by atoms with E-state index in [1.807, 2.05) is 6.08 Å². The maximum absolute atomic E-state index is 9.27. The summed E-state index contributed by atoms with van der Waals surface area (Å²) in [6, 6.07) is 1.60. The van der Waals surface area contributed by atoms with E-state index in [-0.39, 0.29) is 5.62 Å². The molecule has 0 bridgehead atoms. The first-order valence-corrected chi connectivity index (χ1v) is 5.23. The first kappa shape index (κ1) is 12.3. The molecule has 5 nitrogen and oxygen atoms in total. The van der Waals surface area contributed by atoms with Crippen molar-refractivity contribution in [1.29, 1.82) is 5.41 Å². The summed E-state index contributed by atoms with van der Waals surface area (Å²) in [7, 11) is 0. The molecule has 1 heterocycles. The molecule has 16 heavy (non-hydrogen) atoms. The van der Waals surface area contributed by atoms with E-state index >= 15 is 0 Å². The van der Waals surface area contributed by atoms with Crippen LogP contribution in [0.3, 0.4) is 0 Å². The Hall–Kier alpha value is -1.78. The molecule has 1 aromatic rings. The van der Waals surface area contributed by atoms with Gasteiger partial charge in [0, 0.05) is 6.07 Å². The second kappa shape index (κ2) is 5.95. The number of rotatable bonds is 6.